The molecule has 0 heterocycles. The minimum absolute atomic E-state index is 0.0776. The van der Waals surface area contributed by atoms with Gasteiger partial charge >= 0.3 is 0 Å². The summed E-state index contributed by atoms with van der Waals surface area (Å²) in [6.07, 6.45) is 3.12. The molecule has 1 aliphatic rings. The molecule has 0 aliphatic heterocycles. The van der Waals surface area contributed by atoms with Crippen LogP contribution in [0, 0.1) is 0 Å². The lowest BCUT2D eigenvalue weighted by Gasteiger charge is -2.13. The van der Waals surface area contributed by atoms with Gasteiger partial charge in [-0.3, -0.25) is 4.79 Å². The van der Waals surface area contributed by atoms with Crippen molar-refractivity contribution in [3.63, 3.8) is 0 Å². The molecular formula is C13H15BrClNO2. The fourth-order valence-corrected chi connectivity index (χ4v) is 2.62. The van der Waals surface area contributed by atoms with Crippen molar-refractivity contribution in [2.45, 2.75) is 31.4 Å². The molecule has 18 heavy (non-hydrogen) atoms. The third-order valence-corrected chi connectivity index (χ3v) is 4.47. The first-order valence-corrected chi connectivity index (χ1v) is 7.06. The van der Waals surface area contributed by atoms with Crippen LogP contribution in [0.5, 0.6) is 0 Å². The number of benzene rings is 1. The van der Waals surface area contributed by atoms with Crippen molar-refractivity contribution in [3.05, 3.63) is 33.3 Å². The monoisotopic (exact) mass is 331 g/mol. The lowest BCUT2D eigenvalue weighted by molar-refractivity contribution is 0.0915. The third kappa shape index (κ3) is 3.25. The summed E-state index contributed by atoms with van der Waals surface area (Å²) in [5.74, 6) is -0.0776. The van der Waals surface area contributed by atoms with E-state index in [4.69, 9.17) is 16.3 Å². The summed E-state index contributed by atoms with van der Waals surface area (Å²) in [7, 11) is 1.71. The number of carbonyl (C=O) groups excluding carboxylic acids is 1. The van der Waals surface area contributed by atoms with E-state index in [1.807, 2.05) is 0 Å². The van der Waals surface area contributed by atoms with E-state index in [-0.39, 0.29) is 18.1 Å². The summed E-state index contributed by atoms with van der Waals surface area (Å²) in [5.41, 5.74) is 0.587. The molecule has 1 amide bonds. The van der Waals surface area contributed by atoms with Gasteiger partial charge in [0, 0.05) is 23.2 Å². The Bertz CT molecular complexity index is 453. The molecule has 0 saturated heterocycles. The van der Waals surface area contributed by atoms with Crippen molar-refractivity contribution in [2.24, 2.45) is 0 Å². The quantitative estimate of drug-likeness (QED) is 0.921. The maximum Gasteiger partial charge on any atom is 0.251 e. The van der Waals surface area contributed by atoms with Crippen molar-refractivity contribution in [2.75, 3.05) is 7.11 Å². The van der Waals surface area contributed by atoms with Crippen LogP contribution >= 0.6 is 27.5 Å². The van der Waals surface area contributed by atoms with Crippen LogP contribution in [0.25, 0.3) is 0 Å². The minimum atomic E-state index is -0.0776. The van der Waals surface area contributed by atoms with E-state index < -0.39 is 0 Å². The predicted octanol–water partition coefficient (Wildman–Crippen LogP) is 3.40. The van der Waals surface area contributed by atoms with Gasteiger partial charge in [0.05, 0.1) is 11.1 Å². The number of methoxy groups -OCH3 is 1. The van der Waals surface area contributed by atoms with Crippen molar-refractivity contribution in [1.82, 2.24) is 5.32 Å². The van der Waals surface area contributed by atoms with Crippen molar-refractivity contribution in [3.8, 4) is 0 Å². The van der Waals surface area contributed by atoms with Crippen molar-refractivity contribution in [1.29, 1.82) is 0 Å². The molecule has 1 fully saturated rings. The van der Waals surface area contributed by atoms with Gasteiger partial charge in [-0.15, -0.1) is 0 Å². The molecule has 2 rings (SSSR count). The molecule has 1 saturated carbocycles. The van der Waals surface area contributed by atoms with Gasteiger partial charge in [-0.25, -0.2) is 0 Å². The summed E-state index contributed by atoms with van der Waals surface area (Å²) in [6, 6.07) is 5.41. The summed E-state index contributed by atoms with van der Waals surface area (Å²) in [6.45, 7) is 0. The molecule has 0 bridgehead atoms. The van der Waals surface area contributed by atoms with Crippen LogP contribution in [0.4, 0.5) is 0 Å². The molecule has 2 unspecified atom stereocenters. The van der Waals surface area contributed by atoms with E-state index in [1.165, 1.54) is 0 Å². The smallest absolute Gasteiger partial charge is 0.251 e. The van der Waals surface area contributed by atoms with Gasteiger partial charge in [0.2, 0.25) is 0 Å². The first kappa shape index (κ1) is 13.8. The zero-order valence-electron chi connectivity index (χ0n) is 10.1. The Morgan fingerprint density at radius 1 is 1.50 bits per heavy atom. The first-order chi connectivity index (χ1) is 8.60. The Labute approximate surface area is 120 Å². The number of nitrogens with one attached hydrogen (secondary N) is 1. The van der Waals surface area contributed by atoms with E-state index in [0.717, 1.165) is 23.7 Å². The van der Waals surface area contributed by atoms with Gasteiger partial charge in [0.1, 0.15) is 0 Å². The number of ether oxygens (including phenoxy) is 1. The maximum atomic E-state index is 12.0. The first-order valence-electron chi connectivity index (χ1n) is 5.89. The summed E-state index contributed by atoms with van der Waals surface area (Å²) in [5, 5.41) is 3.56. The van der Waals surface area contributed by atoms with Gasteiger partial charge in [-0.2, -0.15) is 0 Å². The fraction of sp³-hybridized carbons (Fsp3) is 0.462. The van der Waals surface area contributed by atoms with E-state index in [2.05, 4.69) is 21.2 Å². The van der Waals surface area contributed by atoms with E-state index in [0.29, 0.717) is 10.6 Å². The van der Waals surface area contributed by atoms with E-state index >= 15 is 0 Å². The van der Waals surface area contributed by atoms with Crippen LogP contribution in [-0.4, -0.2) is 25.2 Å². The van der Waals surface area contributed by atoms with Gasteiger partial charge in [-0.05, 0) is 53.4 Å². The lowest BCUT2D eigenvalue weighted by Crippen LogP contribution is -2.33. The average molecular weight is 333 g/mol. The standard InChI is InChI=1S/C13H15BrClNO2/c1-18-10-4-3-9(7-10)16-13(17)8-2-5-11(14)12(15)6-8/h2,5-6,9-10H,3-4,7H2,1H3,(H,16,17). The molecule has 0 aromatic heterocycles. The van der Waals surface area contributed by atoms with Gasteiger partial charge in [-0.1, -0.05) is 11.6 Å². The number of hydrogen-bond acceptors (Lipinski definition) is 2. The molecule has 3 nitrogen and oxygen atoms in total. The van der Waals surface area contributed by atoms with E-state index in [9.17, 15) is 4.79 Å². The molecule has 2 atom stereocenters. The number of hydrogen-bond donors (Lipinski definition) is 1. The number of carbonyl (C=O) groups is 1. The fourth-order valence-electron chi connectivity index (χ4n) is 2.19. The zero-order valence-corrected chi connectivity index (χ0v) is 12.4. The Hall–Kier alpha value is -0.580. The molecule has 1 aliphatic carbocycles. The molecule has 5 heteroatoms. The summed E-state index contributed by atoms with van der Waals surface area (Å²) < 4.78 is 6.08. The highest BCUT2D eigenvalue weighted by molar-refractivity contribution is 9.10. The molecule has 0 radical (unpaired) electrons. The highest BCUT2D eigenvalue weighted by Gasteiger charge is 2.25. The second-order valence-electron chi connectivity index (χ2n) is 4.47. The van der Waals surface area contributed by atoms with Gasteiger partial charge in [0.15, 0.2) is 0 Å². The molecule has 98 valence electrons. The van der Waals surface area contributed by atoms with Crippen LogP contribution in [0.3, 0.4) is 0 Å². The Morgan fingerprint density at radius 2 is 2.28 bits per heavy atom. The van der Waals surface area contributed by atoms with Gasteiger partial charge < -0.3 is 10.1 Å². The Kier molecular flexibility index (Phi) is 4.65. The average Bonchev–Trinajstić information content (AvgIpc) is 2.80. The van der Waals surface area contributed by atoms with Gasteiger partial charge in [0.25, 0.3) is 5.91 Å². The number of halogens is 2. The molecule has 1 N–H and O–H groups in total. The predicted molar refractivity (Wildman–Crippen MR) is 75.1 cm³/mol. The van der Waals surface area contributed by atoms with Crippen LogP contribution in [0.2, 0.25) is 5.02 Å². The summed E-state index contributed by atoms with van der Waals surface area (Å²) in [4.78, 5) is 12.0. The Balaban J connectivity index is 1.97. The second-order valence-corrected chi connectivity index (χ2v) is 5.73. The zero-order chi connectivity index (χ0) is 13.1. The van der Waals surface area contributed by atoms with Crippen LogP contribution in [0.1, 0.15) is 29.6 Å². The highest BCUT2D eigenvalue weighted by atomic mass is 79.9. The SMILES string of the molecule is COC1CCC(NC(=O)c2ccc(Br)c(Cl)c2)C1. The number of amides is 1. The lowest BCUT2D eigenvalue weighted by atomic mass is 10.2. The van der Waals surface area contributed by atoms with E-state index in [1.54, 1.807) is 25.3 Å². The molecule has 1 aromatic carbocycles. The normalized spacial score (nSPS) is 23.1. The second kappa shape index (κ2) is 6.04. The van der Waals surface area contributed by atoms with Crippen molar-refractivity contribution < 1.29 is 9.53 Å². The third-order valence-electron chi connectivity index (χ3n) is 3.23. The molecule has 1 aromatic rings. The highest BCUT2D eigenvalue weighted by Crippen LogP contribution is 2.24. The van der Waals surface area contributed by atoms with Crippen molar-refractivity contribution >= 4 is 33.4 Å². The molecular weight excluding hydrogens is 318 g/mol. The van der Waals surface area contributed by atoms with Crippen LogP contribution in [-0.2, 0) is 4.74 Å². The topological polar surface area (TPSA) is 38.3 Å². The Morgan fingerprint density at radius 3 is 2.89 bits per heavy atom. The van der Waals surface area contributed by atoms with Crippen LogP contribution < -0.4 is 5.32 Å². The van der Waals surface area contributed by atoms with Crippen LogP contribution in [0.15, 0.2) is 22.7 Å². The largest absolute Gasteiger partial charge is 0.381 e. The minimum Gasteiger partial charge on any atom is -0.381 e. The molecule has 0 spiro atoms. The summed E-state index contributed by atoms with van der Waals surface area (Å²) >= 11 is 9.28. The number of rotatable bonds is 3. The maximum absolute atomic E-state index is 12.0.